The number of aliphatic hydroxyl groups is 1. The first-order valence-electron chi connectivity index (χ1n) is 8.50. The quantitative estimate of drug-likeness (QED) is 0.716. The van der Waals surface area contributed by atoms with Gasteiger partial charge in [-0.05, 0) is 19.1 Å². The lowest BCUT2D eigenvalue weighted by Crippen LogP contribution is -2.52. The monoisotopic (exact) mass is 339 g/mol. The Kier molecular flexibility index (Phi) is 4.10. The van der Waals surface area contributed by atoms with Crippen LogP contribution in [0.5, 0.6) is 0 Å². The molecule has 0 unspecified atom stereocenters. The van der Waals surface area contributed by atoms with Crippen LogP contribution in [-0.4, -0.2) is 49.5 Å². The Morgan fingerprint density at radius 2 is 2.04 bits per heavy atom. The number of hydrogen-bond acceptors (Lipinski definition) is 6. The highest BCUT2D eigenvalue weighted by molar-refractivity contribution is 5.83. The summed E-state index contributed by atoms with van der Waals surface area (Å²) in [7, 11) is 0. The SMILES string of the molecule is CCOC1CC(O)(CNc2ncnc3c2ncn3-c2ccccc2)C1. The number of hydrogen-bond donors (Lipinski definition) is 2. The molecular weight excluding hydrogens is 318 g/mol. The zero-order valence-corrected chi connectivity index (χ0v) is 14.1. The van der Waals surface area contributed by atoms with Crippen molar-refractivity contribution in [2.24, 2.45) is 0 Å². The van der Waals surface area contributed by atoms with Crippen LogP contribution in [0, 0.1) is 0 Å². The number of fused-ring (bicyclic) bond motifs is 1. The van der Waals surface area contributed by atoms with E-state index in [1.165, 1.54) is 6.33 Å². The molecule has 0 spiro atoms. The molecule has 2 aromatic heterocycles. The normalized spacial score (nSPS) is 22.7. The molecule has 0 bridgehead atoms. The minimum Gasteiger partial charge on any atom is -0.388 e. The minimum absolute atomic E-state index is 0.152. The molecule has 7 nitrogen and oxygen atoms in total. The van der Waals surface area contributed by atoms with Gasteiger partial charge >= 0.3 is 0 Å². The van der Waals surface area contributed by atoms with E-state index in [1.54, 1.807) is 6.33 Å². The van der Waals surface area contributed by atoms with Crippen LogP contribution in [-0.2, 0) is 4.74 Å². The van der Waals surface area contributed by atoms with E-state index in [0.29, 0.717) is 37.3 Å². The molecule has 1 aliphatic carbocycles. The van der Waals surface area contributed by atoms with Crippen molar-refractivity contribution in [3.05, 3.63) is 43.0 Å². The topological polar surface area (TPSA) is 85.1 Å². The van der Waals surface area contributed by atoms with Gasteiger partial charge in [-0.25, -0.2) is 15.0 Å². The van der Waals surface area contributed by atoms with Crippen molar-refractivity contribution in [3.8, 4) is 5.69 Å². The van der Waals surface area contributed by atoms with Crippen LogP contribution < -0.4 is 5.32 Å². The molecule has 2 heterocycles. The summed E-state index contributed by atoms with van der Waals surface area (Å²) in [6.07, 6.45) is 4.68. The van der Waals surface area contributed by atoms with Crippen LogP contribution in [0.2, 0.25) is 0 Å². The molecule has 0 atom stereocenters. The lowest BCUT2D eigenvalue weighted by atomic mass is 9.77. The lowest BCUT2D eigenvalue weighted by molar-refractivity contribution is -0.129. The zero-order valence-electron chi connectivity index (χ0n) is 14.1. The van der Waals surface area contributed by atoms with Gasteiger partial charge in [-0.2, -0.15) is 0 Å². The van der Waals surface area contributed by atoms with Crippen molar-refractivity contribution < 1.29 is 9.84 Å². The number of anilines is 1. The van der Waals surface area contributed by atoms with E-state index in [9.17, 15) is 5.11 Å². The smallest absolute Gasteiger partial charge is 0.170 e. The molecule has 25 heavy (non-hydrogen) atoms. The number of ether oxygens (including phenoxy) is 1. The Hall–Kier alpha value is -2.51. The fourth-order valence-corrected chi connectivity index (χ4v) is 3.28. The second kappa shape index (κ2) is 6.42. The molecule has 0 radical (unpaired) electrons. The van der Waals surface area contributed by atoms with Crippen molar-refractivity contribution in [2.45, 2.75) is 31.5 Å². The third kappa shape index (κ3) is 3.08. The predicted molar refractivity (Wildman–Crippen MR) is 94.7 cm³/mol. The summed E-state index contributed by atoms with van der Waals surface area (Å²) < 4.78 is 7.44. The molecule has 0 amide bonds. The summed E-state index contributed by atoms with van der Waals surface area (Å²) in [5.41, 5.74) is 1.66. The van der Waals surface area contributed by atoms with Crippen LogP contribution in [0.4, 0.5) is 5.82 Å². The number of rotatable bonds is 6. The minimum atomic E-state index is -0.751. The van der Waals surface area contributed by atoms with Gasteiger partial charge in [-0.15, -0.1) is 0 Å². The van der Waals surface area contributed by atoms with Crippen molar-refractivity contribution >= 4 is 17.0 Å². The molecule has 4 rings (SSSR count). The standard InChI is InChI=1S/C18H21N5O2/c1-2-25-14-8-18(24,9-14)10-19-16-15-17(21-11-20-16)23(12-22-15)13-6-4-3-5-7-13/h3-7,11-12,14,24H,2,8-10H2,1H3,(H,19,20,21). The van der Waals surface area contributed by atoms with Crippen LogP contribution in [0.3, 0.4) is 0 Å². The Labute approximate surface area is 145 Å². The first-order chi connectivity index (χ1) is 12.2. The van der Waals surface area contributed by atoms with E-state index in [1.807, 2.05) is 41.8 Å². The fourth-order valence-electron chi connectivity index (χ4n) is 3.28. The molecule has 3 aromatic rings. The summed E-state index contributed by atoms with van der Waals surface area (Å²) in [5, 5.41) is 13.7. The molecule has 0 saturated heterocycles. The zero-order chi connectivity index (χ0) is 17.3. The van der Waals surface area contributed by atoms with Gasteiger partial charge in [0, 0.05) is 31.7 Å². The van der Waals surface area contributed by atoms with Gasteiger partial charge in [-0.3, -0.25) is 4.57 Å². The number of para-hydroxylation sites is 1. The van der Waals surface area contributed by atoms with Gasteiger partial charge in [0.2, 0.25) is 0 Å². The molecule has 130 valence electrons. The van der Waals surface area contributed by atoms with Gasteiger partial charge in [0.1, 0.15) is 12.7 Å². The highest BCUT2D eigenvalue weighted by Crippen LogP contribution is 2.35. The van der Waals surface area contributed by atoms with Crippen LogP contribution >= 0.6 is 0 Å². The summed E-state index contributed by atoms with van der Waals surface area (Å²) >= 11 is 0. The van der Waals surface area contributed by atoms with Crippen LogP contribution in [0.15, 0.2) is 43.0 Å². The van der Waals surface area contributed by atoms with Gasteiger partial charge in [-0.1, -0.05) is 18.2 Å². The first kappa shape index (κ1) is 16.0. The average molecular weight is 339 g/mol. The van der Waals surface area contributed by atoms with E-state index in [4.69, 9.17) is 4.74 Å². The predicted octanol–water partition coefficient (Wildman–Crippen LogP) is 2.16. The van der Waals surface area contributed by atoms with E-state index in [2.05, 4.69) is 20.3 Å². The maximum atomic E-state index is 10.5. The summed E-state index contributed by atoms with van der Waals surface area (Å²) in [6, 6.07) is 9.92. The van der Waals surface area contributed by atoms with Gasteiger partial charge in [0.15, 0.2) is 17.0 Å². The third-order valence-corrected chi connectivity index (χ3v) is 4.57. The van der Waals surface area contributed by atoms with Gasteiger partial charge < -0.3 is 15.2 Å². The molecule has 7 heteroatoms. The molecule has 1 fully saturated rings. The maximum Gasteiger partial charge on any atom is 0.170 e. The molecule has 1 aliphatic rings. The van der Waals surface area contributed by atoms with E-state index < -0.39 is 5.60 Å². The highest BCUT2D eigenvalue weighted by Gasteiger charge is 2.43. The molecular formula is C18H21N5O2. The second-order valence-electron chi connectivity index (χ2n) is 6.41. The van der Waals surface area contributed by atoms with Crippen molar-refractivity contribution in [3.63, 3.8) is 0 Å². The number of imidazole rings is 1. The van der Waals surface area contributed by atoms with Gasteiger partial charge in [0.25, 0.3) is 0 Å². The second-order valence-corrected chi connectivity index (χ2v) is 6.41. The number of aromatic nitrogens is 4. The Bertz CT molecular complexity index is 858. The maximum absolute atomic E-state index is 10.5. The molecule has 1 saturated carbocycles. The van der Waals surface area contributed by atoms with Crippen molar-refractivity contribution in [1.82, 2.24) is 19.5 Å². The number of nitrogens with zero attached hydrogens (tertiary/aromatic N) is 4. The average Bonchev–Trinajstić information content (AvgIpc) is 3.04. The van der Waals surface area contributed by atoms with E-state index in [-0.39, 0.29) is 6.10 Å². The number of nitrogens with one attached hydrogen (secondary N) is 1. The van der Waals surface area contributed by atoms with Crippen molar-refractivity contribution in [2.75, 3.05) is 18.5 Å². The van der Waals surface area contributed by atoms with Crippen LogP contribution in [0.25, 0.3) is 16.9 Å². The Morgan fingerprint density at radius 3 is 2.80 bits per heavy atom. The summed E-state index contributed by atoms with van der Waals surface area (Å²) in [6.45, 7) is 3.06. The largest absolute Gasteiger partial charge is 0.388 e. The fraction of sp³-hybridized carbons (Fsp3) is 0.389. The van der Waals surface area contributed by atoms with Crippen LogP contribution in [0.1, 0.15) is 19.8 Å². The third-order valence-electron chi connectivity index (χ3n) is 4.57. The van der Waals surface area contributed by atoms with Crippen molar-refractivity contribution in [1.29, 1.82) is 0 Å². The Balaban J connectivity index is 1.53. The first-order valence-corrected chi connectivity index (χ1v) is 8.50. The number of benzene rings is 1. The van der Waals surface area contributed by atoms with E-state index in [0.717, 1.165) is 11.3 Å². The molecule has 0 aliphatic heterocycles. The van der Waals surface area contributed by atoms with E-state index >= 15 is 0 Å². The molecule has 2 N–H and O–H groups in total. The summed E-state index contributed by atoms with van der Waals surface area (Å²) in [4.78, 5) is 13.1. The van der Waals surface area contributed by atoms with Gasteiger partial charge in [0.05, 0.1) is 11.7 Å². The summed E-state index contributed by atoms with van der Waals surface area (Å²) in [5.74, 6) is 0.632. The Morgan fingerprint density at radius 1 is 1.24 bits per heavy atom. The lowest BCUT2D eigenvalue weighted by Gasteiger charge is -2.43. The molecule has 1 aromatic carbocycles. The highest BCUT2D eigenvalue weighted by atomic mass is 16.5.